The fourth-order valence-corrected chi connectivity index (χ4v) is 7.46. The van der Waals surface area contributed by atoms with E-state index >= 15 is 0 Å². The highest BCUT2D eigenvalue weighted by Gasteiger charge is 2.25. The van der Waals surface area contributed by atoms with E-state index in [4.69, 9.17) is 14.2 Å². The summed E-state index contributed by atoms with van der Waals surface area (Å²) in [6.07, 6.45) is 47.7. The molecule has 0 saturated carbocycles. The zero-order chi connectivity index (χ0) is 43.5. The first-order valence-electron chi connectivity index (χ1n) is 24.9. The van der Waals surface area contributed by atoms with Gasteiger partial charge in [-0.05, 0) is 44.9 Å². The van der Waals surface area contributed by atoms with Gasteiger partial charge >= 0.3 is 11.9 Å². The lowest BCUT2D eigenvalue weighted by molar-refractivity contribution is -0.889. The number of likely N-dealkylation sites (N-methyl/N-ethyl adjacent to an activating group) is 1. The van der Waals surface area contributed by atoms with Gasteiger partial charge in [0.25, 0.3) is 0 Å². The van der Waals surface area contributed by atoms with Gasteiger partial charge in [0.05, 0.1) is 40.3 Å². The van der Waals surface area contributed by atoms with Gasteiger partial charge in [-0.1, -0.05) is 192 Å². The second-order valence-electron chi connectivity index (χ2n) is 18.1. The van der Waals surface area contributed by atoms with E-state index < -0.39 is 18.1 Å². The van der Waals surface area contributed by atoms with Crippen molar-refractivity contribution >= 4 is 17.9 Å². The number of carboxylic acid groups (broad SMARTS) is 1. The van der Waals surface area contributed by atoms with Gasteiger partial charge in [-0.2, -0.15) is 0 Å². The van der Waals surface area contributed by atoms with Crippen LogP contribution >= 0.6 is 0 Å². The molecule has 0 saturated heterocycles. The van der Waals surface area contributed by atoms with Crippen molar-refractivity contribution in [3.05, 3.63) is 24.3 Å². The molecule has 0 N–H and O–H groups in total. The zero-order valence-electron chi connectivity index (χ0n) is 39.4. The molecular formula is C51H95NO7. The maximum Gasteiger partial charge on any atom is 0.306 e. The molecule has 0 aliphatic heterocycles. The number of nitrogens with zero attached hydrogens (tertiary/aromatic N) is 1. The van der Waals surface area contributed by atoms with Crippen molar-refractivity contribution in [2.75, 3.05) is 41.0 Å². The molecule has 0 spiro atoms. The average molecular weight is 834 g/mol. The third-order valence-electron chi connectivity index (χ3n) is 11.3. The lowest BCUT2D eigenvalue weighted by Crippen LogP contribution is -2.55. The van der Waals surface area contributed by atoms with Crippen LogP contribution in [0.3, 0.4) is 0 Å². The van der Waals surface area contributed by atoms with E-state index in [0.29, 0.717) is 12.8 Å². The van der Waals surface area contributed by atoms with Crippen LogP contribution in [0.4, 0.5) is 0 Å². The fraction of sp³-hybridized carbons (Fsp3) is 0.863. The van der Waals surface area contributed by atoms with Crippen LogP contribution in [-0.4, -0.2) is 75.5 Å². The van der Waals surface area contributed by atoms with E-state index in [9.17, 15) is 19.5 Å². The number of hydrogen-bond donors (Lipinski definition) is 0. The lowest BCUT2D eigenvalue weighted by atomic mass is 10.0. The molecule has 0 aromatic carbocycles. The molecule has 0 aliphatic carbocycles. The predicted octanol–water partition coefficient (Wildman–Crippen LogP) is 12.7. The first kappa shape index (κ1) is 56.8. The third-order valence-corrected chi connectivity index (χ3v) is 11.3. The predicted molar refractivity (Wildman–Crippen MR) is 245 cm³/mol. The highest BCUT2D eigenvalue weighted by molar-refractivity contribution is 5.70. The summed E-state index contributed by atoms with van der Waals surface area (Å²) in [6.45, 7) is 4.68. The molecule has 0 rings (SSSR count). The molecule has 0 heterocycles. The summed E-state index contributed by atoms with van der Waals surface area (Å²) in [5.41, 5.74) is 0. The number of esters is 2. The molecule has 2 unspecified atom stereocenters. The van der Waals surface area contributed by atoms with Crippen molar-refractivity contribution in [1.29, 1.82) is 0 Å². The maximum atomic E-state index is 12.7. The van der Waals surface area contributed by atoms with Gasteiger partial charge in [-0.25, -0.2) is 0 Å². The van der Waals surface area contributed by atoms with E-state index in [1.165, 1.54) is 148 Å². The number of carboxylic acids is 1. The SMILES string of the molecule is CCCCCCCCCC/C=C/C/C=C/CCCCCCCCCC(=O)OCC(COCCC(C(=O)[O-])[N+](C)(C)C)OC(=O)CCCCCCCCCCCCCCC. The topological polar surface area (TPSA) is 102 Å². The minimum Gasteiger partial charge on any atom is -0.544 e. The Kier molecular flexibility index (Phi) is 40.9. The lowest BCUT2D eigenvalue weighted by Gasteiger charge is -2.34. The molecule has 0 radical (unpaired) electrons. The van der Waals surface area contributed by atoms with Crippen molar-refractivity contribution in [3.63, 3.8) is 0 Å². The number of aliphatic carboxylic acids is 1. The molecule has 8 heteroatoms. The summed E-state index contributed by atoms with van der Waals surface area (Å²) in [7, 11) is 5.42. The van der Waals surface area contributed by atoms with Crippen LogP contribution in [0.5, 0.6) is 0 Å². The number of carbonyl (C=O) groups is 3. The Labute approximate surface area is 364 Å². The number of rotatable bonds is 45. The normalized spacial score (nSPS) is 13.0. The summed E-state index contributed by atoms with van der Waals surface area (Å²) < 4.78 is 17.2. The summed E-state index contributed by atoms with van der Waals surface area (Å²) in [5, 5.41) is 11.6. The van der Waals surface area contributed by atoms with Crippen LogP contribution in [0.2, 0.25) is 0 Å². The van der Waals surface area contributed by atoms with Gasteiger partial charge in [0.15, 0.2) is 6.10 Å². The average Bonchev–Trinajstić information content (AvgIpc) is 3.19. The van der Waals surface area contributed by atoms with Crippen molar-refractivity contribution in [1.82, 2.24) is 0 Å². The zero-order valence-corrected chi connectivity index (χ0v) is 39.4. The molecule has 2 atom stereocenters. The van der Waals surface area contributed by atoms with Crippen LogP contribution in [0.1, 0.15) is 232 Å². The Hall–Kier alpha value is -2.19. The minimum atomic E-state index is -1.12. The summed E-state index contributed by atoms with van der Waals surface area (Å²) in [4.78, 5) is 36.9. The minimum absolute atomic E-state index is 0.0424. The van der Waals surface area contributed by atoms with Crippen molar-refractivity contribution in [2.24, 2.45) is 0 Å². The Morgan fingerprint density at radius 3 is 1.31 bits per heavy atom. The smallest absolute Gasteiger partial charge is 0.306 e. The quantitative estimate of drug-likeness (QED) is 0.0260. The fourth-order valence-electron chi connectivity index (χ4n) is 7.46. The Morgan fingerprint density at radius 2 is 0.898 bits per heavy atom. The van der Waals surface area contributed by atoms with E-state index in [0.717, 1.165) is 51.4 Å². The molecule has 8 nitrogen and oxygen atoms in total. The van der Waals surface area contributed by atoms with Crippen LogP contribution in [0.15, 0.2) is 24.3 Å². The number of carbonyl (C=O) groups excluding carboxylic acids is 3. The van der Waals surface area contributed by atoms with Crippen LogP contribution in [0.25, 0.3) is 0 Å². The van der Waals surface area contributed by atoms with E-state index in [2.05, 4.69) is 38.2 Å². The number of unbranched alkanes of at least 4 members (excludes halogenated alkanes) is 27. The van der Waals surface area contributed by atoms with Crippen molar-refractivity contribution < 1.29 is 38.2 Å². The van der Waals surface area contributed by atoms with Gasteiger partial charge in [0.2, 0.25) is 0 Å². The van der Waals surface area contributed by atoms with E-state index in [1.54, 1.807) is 21.1 Å². The van der Waals surface area contributed by atoms with E-state index in [-0.39, 0.29) is 42.7 Å². The standard InChI is InChI=1S/C51H95NO7/c1-6-8-10-12-14-16-18-20-21-22-23-24-25-26-27-28-30-31-33-35-37-39-41-49(53)58-46-47(45-57-44-43-48(51(55)56)52(3,4)5)59-50(54)42-40-38-36-34-32-29-19-17-15-13-11-9-7-2/h22-23,25-26,47-48H,6-21,24,27-46H2,1-5H3/b23-22+,26-25+. The number of allylic oxidation sites excluding steroid dienone is 4. The summed E-state index contributed by atoms with van der Waals surface area (Å²) in [5.74, 6) is -1.73. The number of ether oxygens (including phenoxy) is 3. The van der Waals surface area contributed by atoms with Crippen molar-refractivity contribution in [2.45, 2.75) is 244 Å². The van der Waals surface area contributed by atoms with Gasteiger partial charge in [-0.15, -0.1) is 0 Å². The Bertz CT molecular complexity index is 1020. The largest absolute Gasteiger partial charge is 0.544 e. The highest BCUT2D eigenvalue weighted by atomic mass is 16.6. The number of quaternary nitrogens is 1. The molecule has 0 fully saturated rings. The van der Waals surface area contributed by atoms with Gasteiger partial charge in [-0.3, -0.25) is 9.59 Å². The number of hydrogen-bond acceptors (Lipinski definition) is 7. The second-order valence-corrected chi connectivity index (χ2v) is 18.1. The first-order valence-corrected chi connectivity index (χ1v) is 24.9. The van der Waals surface area contributed by atoms with Crippen LogP contribution in [0, 0.1) is 0 Å². The molecular weight excluding hydrogens is 739 g/mol. The molecule has 346 valence electrons. The van der Waals surface area contributed by atoms with E-state index in [1.807, 2.05) is 0 Å². The van der Waals surface area contributed by atoms with Crippen LogP contribution in [-0.2, 0) is 28.6 Å². The monoisotopic (exact) mass is 834 g/mol. The molecule has 0 bridgehead atoms. The second kappa shape index (κ2) is 42.5. The Balaban J connectivity index is 4.22. The molecule has 0 aromatic rings. The summed E-state index contributed by atoms with van der Waals surface area (Å²) in [6, 6.07) is -0.724. The van der Waals surface area contributed by atoms with Crippen LogP contribution < -0.4 is 5.11 Å². The molecule has 0 aliphatic rings. The highest BCUT2D eigenvalue weighted by Crippen LogP contribution is 2.15. The van der Waals surface area contributed by atoms with Gasteiger partial charge in [0.1, 0.15) is 12.6 Å². The first-order chi connectivity index (χ1) is 28.6. The molecule has 0 aromatic heterocycles. The maximum absolute atomic E-state index is 12.7. The van der Waals surface area contributed by atoms with Gasteiger partial charge in [0, 0.05) is 19.3 Å². The van der Waals surface area contributed by atoms with Gasteiger partial charge < -0.3 is 28.6 Å². The third kappa shape index (κ3) is 41.0. The Morgan fingerprint density at radius 1 is 0.508 bits per heavy atom. The molecule has 0 amide bonds. The van der Waals surface area contributed by atoms with Crippen molar-refractivity contribution in [3.8, 4) is 0 Å². The summed E-state index contributed by atoms with van der Waals surface area (Å²) >= 11 is 0. The molecule has 59 heavy (non-hydrogen) atoms.